The standard InChI is InChI=1S/C29H35N3O3S/c1-17(2)32-24-11-9-21(13-23(24)20(5)15-29(32,6)7)14-25-27(34)31(28(35)36-25)16-26(33)30-22-10-8-18(3)19(4)12-22/h8-14,17,20H,15-16H2,1-7H3,(H,30,33)/b25-14-/t20-/m0/s1. The monoisotopic (exact) mass is 505 g/mol. The smallest absolute Gasteiger partial charge is 0.294 e. The van der Waals surface area contributed by atoms with Gasteiger partial charge in [-0.3, -0.25) is 19.3 Å². The molecule has 3 amide bonds. The molecule has 1 saturated heterocycles. The van der Waals surface area contributed by atoms with E-state index >= 15 is 0 Å². The first-order valence-electron chi connectivity index (χ1n) is 12.4. The van der Waals surface area contributed by atoms with Crippen LogP contribution in [-0.2, 0) is 9.59 Å². The van der Waals surface area contributed by atoms with Gasteiger partial charge in [-0.1, -0.05) is 19.1 Å². The first kappa shape index (κ1) is 26.0. The number of nitrogens with one attached hydrogen (secondary N) is 1. The van der Waals surface area contributed by atoms with Crippen molar-refractivity contribution < 1.29 is 14.4 Å². The second-order valence-corrected chi connectivity index (χ2v) is 11.8. The molecule has 7 heteroatoms. The number of rotatable bonds is 5. The maximum atomic E-state index is 13.0. The van der Waals surface area contributed by atoms with Gasteiger partial charge in [0.05, 0.1) is 4.91 Å². The first-order chi connectivity index (χ1) is 16.9. The van der Waals surface area contributed by atoms with Gasteiger partial charge in [-0.15, -0.1) is 0 Å². The van der Waals surface area contributed by atoms with Gasteiger partial charge in [-0.05, 0) is 118 Å². The summed E-state index contributed by atoms with van der Waals surface area (Å²) in [5.74, 6) is -0.459. The van der Waals surface area contributed by atoms with Crippen molar-refractivity contribution in [3.8, 4) is 0 Å². The van der Waals surface area contributed by atoms with Crippen molar-refractivity contribution in [1.82, 2.24) is 4.90 Å². The fourth-order valence-electron chi connectivity index (χ4n) is 5.49. The van der Waals surface area contributed by atoms with E-state index in [1.54, 1.807) is 6.08 Å². The lowest BCUT2D eigenvalue weighted by Gasteiger charge is -2.50. The van der Waals surface area contributed by atoms with Gasteiger partial charge in [0.2, 0.25) is 5.91 Å². The van der Waals surface area contributed by atoms with Crippen molar-refractivity contribution in [2.24, 2.45) is 0 Å². The van der Waals surface area contributed by atoms with E-state index < -0.39 is 17.1 Å². The molecule has 1 N–H and O–H groups in total. The Morgan fingerprint density at radius 3 is 2.53 bits per heavy atom. The van der Waals surface area contributed by atoms with Crippen LogP contribution in [0.2, 0.25) is 0 Å². The molecule has 0 aromatic heterocycles. The molecule has 2 aliphatic rings. The summed E-state index contributed by atoms with van der Waals surface area (Å²) in [7, 11) is 0. The van der Waals surface area contributed by atoms with Gasteiger partial charge in [0.25, 0.3) is 11.1 Å². The van der Waals surface area contributed by atoms with Gasteiger partial charge < -0.3 is 10.2 Å². The van der Waals surface area contributed by atoms with Gasteiger partial charge in [-0.25, -0.2) is 0 Å². The van der Waals surface area contributed by atoms with Crippen LogP contribution in [0.4, 0.5) is 16.2 Å². The Kier molecular flexibility index (Phi) is 7.06. The van der Waals surface area contributed by atoms with Crippen LogP contribution < -0.4 is 10.2 Å². The highest BCUT2D eigenvalue weighted by Gasteiger charge is 2.38. The van der Waals surface area contributed by atoms with E-state index in [1.165, 1.54) is 11.3 Å². The Bertz CT molecular complexity index is 1260. The number of carbonyl (C=O) groups excluding carboxylic acids is 3. The number of hydrogen-bond acceptors (Lipinski definition) is 5. The molecule has 2 aromatic carbocycles. The molecule has 2 heterocycles. The molecule has 0 unspecified atom stereocenters. The second kappa shape index (κ2) is 9.77. The Morgan fingerprint density at radius 2 is 1.86 bits per heavy atom. The number of aryl methyl sites for hydroxylation is 2. The van der Waals surface area contributed by atoms with Crippen LogP contribution in [0, 0.1) is 13.8 Å². The fraction of sp³-hybridized carbons (Fsp3) is 0.414. The molecule has 2 aliphatic heterocycles. The predicted molar refractivity (Wildman–Crippen MR) is 148 cm³/mol. The SMILES string of the molecule is Cc1ccc(NC(=O)CN2C(=O)S/C(=C\c3ccc4c(c3)[C@@H](C)CC(C)(C)N4C(C)C)C2=O)cc1C. The number of anilines is 2. The minimum Gasteiger partial charge on any atom is -0.364 e. The quantitative estimate of drug-likeness (QED) is 0.471. The zero-order chi connectivity index (χ0) is 26.4. The van der Waals surface area contributed by atoms with Crippen LogP contribution in [0.1, 0.15) is 69.2 Å². The minimum absolute atomic E-state index is 0.0581. The molecule has 4 rings (SSSR count). The number of carbonyl (C=O) groups is 3. The minimum atomic E-state index is -0.434. The third kappa shape index (κ3) is 5.07. The summed E-state index contributed by atoms with van der Waals surface area (Å²) in [6.45, 7) is 14.9. The highest BCUT2D eigenvalue weighted by Crippen LogP contribution is 2.45. The van der Waals surface area contributed by atoms with E-state index in [9.17, 15) is 14.4 Å². The summed E-state index contributed by atoms with van der Waals surface area (Å²) >= 11 is 0.881. The Labute approximate surface area is 218 Å². The molecule has 2 aromatic rings. The topological polar surface area (TPSA) is 69.7 Å². The van der Waals surface area contributed by atoms with Gasteiger partial charge in [-0.2, -0.15) is 0 Å². The summed E-state index contributed by atoms with van der Waals surface area (Å²) in [6, 6.07) is 12.2. The van der Waals surface area contributed by atoms with E-state index in [1.807, 2.05) is 38.1 Å². The summed E-state index contributed by atoms with van der Waals surface area (Å²) in [5, 5.41) is 2.35. The van der Waals surface area contributed by atoms with Crippen molar-refractivity contribution in [2.45, 2.75) is 72.4 Å². The molecule has 0 bridgehead atoms. The maximum absolute atomic E-state index is 13.0. The average molecular weight is 506 g/mol. The van der Waals surface area contributed by atoms with Crippen LogP contribution in [0.15, 0.2) is 41.3 Å². The van der Waals surface area contributed by atoms with Gasteiger partial charge in [0.1, 0.15) is 6.54 Å². The number of fused-ring (bicyclic) bond motifs is 1. The summed E-state index contributed by atoms with van der Waals surface area (Å²) < 4.78 is 0. The van der Waals surface area contributed by atoms with Crippen molar-refractivity contribution in [3.05, 3.63) is 63.6 Å². The number of benzene rings is 2. The largest absolute Gasteiger partial charge is 0.364 e. The molecular formula is C29H35N3O3S. The van der Waals surface area contributed by atoms with Crippen molar-refractivity contribution in [1.29, 1.82) is 0 Å². The fourth-order valence-corrected chi connectivity index (χ4v) is 6.33. The van der Waals surface area contributed by atoms with Crippen LogP contribution in [0.3, 0.4) is 0 Å². The summed E-state index contributed by atoms with van der Waals surface area (Å²) in [5.41, 5.74) is 6.25. The number of nitrogens with zero attached hydrogens (tertiary/aromatic N) is 2. The van der Waals surface area contributed by atoms with Gasteiger partial charge in [0, 0.05) is 23.0 Å². The lowest BCUT2D eigenvalue weighted by Crippen LogP contribution is -2.51. The number of imide groups is 1. The predicted octanol–water partition coefficient (Wildman–Crippen LogP) is 6.48. The molecule has 1 fully saturated rings. The highest BCUT2D eigenvalue weighted by molar-refractivity contribution is 8.18. The summed E-state index contributed by atoms with van der Waals surface area (Å²) in [4.78, 5) is 42.0. The maximum Gasteiger partial charge on any atom is 0.294 e. The highest BCUT2D eigenvalue weighted by atomic mass is 32.2. The van der Waals surface area contributed by atoms with Crippen LogP contribution in [0.5, 0.6) is 0 Å². The Morgan fingerprint density at radius 1 is 1.14 bits per heavy atom. The molecule has 0 saturated carbocycles. The molecule has 190 valence electrons. The molecule has 6 nitrogen and oxygen atoms in total. The van der Waals surface area contributed by atoms with Gasteiger partial charge in [0.15, 0.2) is 0 Å². The lowest BCUT2D eigenvalue weighted by molar-refractivity contribution is -0.127. The van der Waals surface area contributed by atoms with E-state index in [2.05, 4.69) is 57.0 Å². The molecular weight excluding hydrogens is 470 g/mol. The van der Waals surface area contributed by atoms with Crippen molar-refractivity contribution in [2.75, 3.05) is 16.8 Å². The molecule has 36 heavy (non-hydrogen) atoms. The van der Waals surface area contributed by atoms with Crippen molar-refractivity contribution >= 4 is 46.3 Å². The molecule has 0 aliphatic carbocycles. The molecule has 0 radical (unpaired) electrons. The number of thioether (sulfide) groups is 1. The zero-order valence-electron chi connectivity index (χ0n) is 22.1. The third-order valence-electron chi connectivity index (χ3n) is 7.08. The van der Waals surface area contributed by atoms with Crippen LogP contribution >= 0.6 is 11.8 Å². The van der Waals surface area contributed by atoms with Gasteiger partial charge >= 0.3 is 0 Å². The van der Waals surface area contributed by atoms with Crippen molar-refractivity contribution in [3.63, 3.8) is 0 Å². The zero-order valence-corrected chi connectivity index (χ0v) is 23.0. The Hall–Kier alpha value is -3.06. The van der Waals surface area contributed by atoms with E-state index in [0.29, 0.717) is 22.6 Å². The first-order valence-corrected chi connectivity index (χ1v) is 13.2. The van der Waals surface area contributed by atoms with E-state index in [4.69, 9.17) is 0 Å². The Balaban J connectivity index is 1.52. The molecule has 1 atom stereocenters. The second-order valence-electron chi connectivity index (χ2n) is 10.8. The lowest BCUT2D eigenvalue weighted by atomic mass is 9.79. The molecule has 0 spiro atoms. The normalized spacial score (nSPS) is 20.3. The van der Waals surface area contributed by atoms with E-state index in [0.717, 1.165) is 39.8 Å². The average Bonchev–Trinajstić information content (AvgIpc) is 3.03. The van der Waals surface area contributed by atoms with Crippen LogP contribution in [0.25, 0.3) is 6.08 Å². The van der Waals surface area contributed by atoms with E-state index in [-0.39, 0.29) is 12.1 Å². The third-order valence-corrected chi connectivity index (χ3v) is 7.99. The number of hydrogen-bond donors (Lipinski definition) is 1. The van der Waals surface area contributed by atoms with Crippen LogP contribution in [-0.4, -0.2) is 40.1 Å². The number of amides is 3. The summed E-state index contributed by atoms with van der Waals surface area (Å²) in [6.07, 6.45) is 2.80.